The zero-order valence-electron chi connectivity index (χ0n) is 5.95. The number of hydrogen-bond acceptors (Lipinski definition) is 0. The maximum Gasteiger partial charge on any atom is 0.0458 e. The smallest absolute Gasteiger partial charge is 0.0458 e. The molecule has 0 heterocycles. The van der Waals surface area contributed by atoms with Gasteiger partial charge in [0.25, 0.3) is 0 Å². The van der Waals surface area contributed by atoms with Crippen molar-refractivity contribution in [1.29, 1.82) is 0 Å². The minimum atomic E-state index is 0.577. The van der Waals surface area contributed by atoms with Crippen LogP contribution in [0.2, 0.25) is 0 Å². The summed E-state index contributed by atoms with van der Waals surface area (Å²) in [5.74, 6) is 0. The molecule has 0 saturated heterocycles. The maximum absolute atomic E-state index is 3.62. The summed E-state index contributed by atoms with van der Waals surface area (Å²) in [6.45, 7) is 0. The first-order chi connectivity index (χ1) is 4.80. The predicted octanol–water partition coefficient (Wildman–Crippen LogP) is 3.99. The van der Waals surface area contributed by atoms with Crippen molar-refractivity contribution in [2.45, 2.75) is 36.9 Å². The molecule has 0 radical (unpaired) electrons. The zero-order chi connectivity index (χ0) is 7.40. The highest BCUT2D eigenvalue weighted by atomic mass is 79.9. The molecule has 0 aliphatic heterocycles. The van der Waals surface area contributed by atoms with E-state index in [1.54, 1.807) is 0 Å². The Labute approximate surface area is 79.3 Å². The van der Waals surface area contributed by atoms with Gasteiger partial charge in [-0.25, -0.2) is 0 Å². The van der Waals surface area contributed by atoms with E-state index in [0.29, 0.717) is 4.83 Å². The molecule has 0 bridgehead atoms. The molecule has 1 atom stereocenters. The molecule has 0 spiro atoms. The molecule has 0 fully saturated rings. The van der Waals surface area contributed by atoms with Crippen LogP contribution in [0.1, 0.15) is 32.1 Å². The summed E-state index contributed by atoms with van der Waals surface area (Å²) in [7, 11) is 0. The molecule has 0 N–H and O–H groups in total. The third-order valence-corrected chi connectivity index (χ3v) is 4.24. The van der Waals surface area contributed by atoms with Crippen LogP contribution in [-0.2, 0) is 0 Å². The van der Waals surface area contributed by atoms with Crippen molar-refractivity contribution in [3.63, 3.8) is 0 Å². The summed E-state index contributed by atoms with van der Waals surface area (Å²) in [5.41, 5.74) is 0. The largest absolute Gasteiger partial charge is 0.0833 e. The molecule has 0 nitrogen and oxygen atoms in total. The van der Waals surface area contributed by atoms with Crippen LogP contribution in [0.15, 0.2) is 10.6 Å². The van der Waals surface area contributed by atoms with Gasteiger partial charge >= 0.3 is 0 Å². The van der Waals surface area contributed by atoms with Crippen LogP contribution >= 0.6 is 31.9 Å². The number of hydrogen-bond donors (Lipinski definition) is 0. The molecule has 2 heteroatoms. The highest BCUT2D eigenvalue weighted by molar-refractivity contribution is 9.14. The number of allylic oxidation sites excluding steroid dienone is 2. The lowest BCUT2D eigenvalue weighted by molar-refractivity contribution is 0.644. The van der Waals surface area contributed by atoms with Gasteiger partial charge in [-0.05, 0) is 19.3 Å². The van der Waals surface area contributed by atoms with Gasteiger partial charge in [0.05, 0.1) is 0 Å². The molecule has 0 unspecified atom stereocenters. The Kier molecular flexibility index (Phi) is 4.00. The molecular formula is C8H12Br2. The monoisotopic (exact) mass is 266 g/mol. The lowest BCUT2D eigenvalue weighted by Gasteiger charge is -2.11. The molecule has 0 aromatic carbocycles. The molecule has 0 aromatic rings. The zero-order valence-corrected chi connectivity index (χ0v) is 9.12. The summed E-state index contributed by atoms with van der Waals surface area (Å²) >= 11 is 7.18. The molecule has 1 aliphatic carbocycles. The number of rotatable bonds is 0. The summed E-state index contributed by atoms with van der Waals surface area (Å²) in [6.07, 6.45) is 8.91. The molecule has 0 saturated carbocycles. The first-order valence-corrected chi connectivity index (χ1v) is 5.51. The van der Waals surface area contributed by atoms with E-state index in [2.05, 4.69) is 37.9 Å². The van der Waals surface area contributed by atoms with Crippen molar-refractivity contribution in [1.82, 2.24) is 0 Å². The van der Waals surface area contributed by atoms with Crippen molar-refractivity contribution in [3.8, 4) is 0 Å². The van der Waals surface area contributed by atoms with E-state index in [1.807, 2.05) is 0 Å². The van der Waals surface area contributed by atoms with Gasteiger partial charge in [-0.3, -0.25) is 0 Å². The first-order valence-electron chi connectivity index (χ1n) is 3.80. The van der Waals surface area contributed by atoms with Gasteiger partial charge in [0.2, 0.25) is 0 Å². The lowest BCUT2D eigenvalue weighted by Crippen LogP contribution is -1.99. The van der Waals surface area contributed by atoms with Gasteiger partial charge in [-0.2, -0.15) is 0 Å². The van der Waals surface area contributed by atoms with Crippen LogP contribution in [0.25, 0.3) is 0 Å². The van der Waals surface area contributed by atoms with Gasteiger partial charge in [-0.15, -0.1) is 0 Å². The van der Waals surface area contributed by atoms with Gasteiger partial charge in [-0.1, -0.05) is 50.8 Å². The van der Waals surface area contributed by atoms with Gasteiger partial charge in [0.15, 0.2) is 0 Å². The second-order valence-electron chi connectivity index (χ2n) is 2.69. The van der Waals surface area contributed by atoms with E-state index in [0.717, 1.165) is 0 Å². The lowest BCUT2D eigenvalue weighted by atomic mass is 10.1. The molecule has 10 heavy (non-hydrogen) atoms. The van der Waals surface area contributed by atoms with Crippen molar-refractivity contribution >= 4 is 31.9 Å². The summed E-state index contributed by atoms with van der Waals surface area (Å²) in [4.78, 5) is 0.577. The van der Waals surface area contributed by atoms with Crippen LogP contribution in [0.5, 0.6) is 0 Å². The summed E-state index contributed by atoms with van der Waals surface area (Å²) in [5, 5.41) is 0. The van der Waals surface area contributed by atoms with Crippen LogP contribution < -0.4 is 0 Å². The fourth-order valence-electron chi connectivity index (χ4n) is 1.15. The quantitative estimate of drug-likeness (QED) is 0.582. The Bertz CT molecular complexity index is 129. The molecule has 0 aromatic heterocycles. The second kappa shape index (κ2) is 4.55. The fourth-order valence-corrected chi connectivity index (χ4v) is 2.12. The SMILES string of the molecule is BrC1=CCCCCC[C@@H]1Br. The summed E-state index contributed by atoms with van der Waals surface area (Å²) in [6, 6.07) is 0. The number of halogens is 2. The Balaban J connectivity index is 2.48. The highest BCUT2D eigenvalue weighted by Gasteiger charge is 2.08. The average Bonchev–Trinajstić information content (AvgIpc) is 1.92. The maximum atomic E-state index is 3.62. The van der Waals surface area contributed by atoms with E-state index in [-0.39, 0.29) is 0 Å². The van der Waals surface area contributed by atoms with Crippen LogP contribution in [0, 0.1) is 0 Å². The Morgan fingerprint density at radius 3 is 2.90 bits per heavy atom. The van der Waals surface area contributed by atoms with Crippen LogP contribution in [-0.4, -0.2) is 4.83 Å². The third-order valence-electron chi connectivity index (χ3n) is 1.80. The molecule has 58 valence electrons. The van der Waals surface area contributed by atoms with Crippen molar-refractivity contribution in [2.75, 3.05) is 0 Å². The van der Waals surface area contributed by atoms with E-state index in [9.17, 15) is 0 Å². The topological polar surface area (TPSA) is 0 Å². The normalized spacial score (nSPS) is 28.6. The minimum absolute atomic E-state index is 0.577. The van der Waals surface area contributed by atoms with Gasteiger partial charge < -0.3 is 0 Å². The fraction of sp³-hybridized carbons (Fsp3) is 0.750. The highest BCUT2D eigenvalue weighted by Crippen LogP contribution is 2.27. The standard InChI is InChI=1S/C8H12Br2/c9-7-5-3-1-2-4-6-8(7)10/h5,8H,1-4,6H2/t8-/m0/s1. The second-order valence-corrected chi connectivity index (χ2v) is 4.72. The molecular weight excluding hydrogens is 256 g/mol. The minimum Gasteiger partial charge on any atom is -0.0833 e. The Hall–Kier alpha value is 0.700. The average molecular weight is 268 g/mol. The predicted molar refractivity (Wildman–Crippen MR) is 52.8 cm³/mol. The Morgan fingerprint density at radius 2 is 2.10 bits per heavy atom. The molecule has 1 rings (SSSR count). The van der Waals surface area contributed by atoms with Crippen molar-refractivity contribution < 1.29 is 0 Å². The third kappa shape index (κ3) is 2.75. The van der Waals surface area contributed by atoms with Gasteiger partial charge in [0.1, 0.15) is 0 Å². The van der Waals surface area contributed by atoms with Crippen molar-refractivity contribution in [3.05, 3.63) is 10.6 Å². The number of alkyl halides is 1. The van der Waals surface area contributed by atoms with Gasteiger partial charge in [0, 0.05) is 9.31 Å². The van der Waals surface area contributed by atoms with E-state index < -0.39 is 0 Å². The first kappa shape index (κ1) is 8.79. The van der Waals surface area contributed by atoms with E-state index in [1.165, 1.54) is 36.6 Å². The van der Waals surface area contributed by atoms with E-state index in [4.69, 9.17) is 0 Å². The van der Waals surface area contributed by atoms with Crippen molar-refractivity contribution in [2.24, 2.45) is 0 Å². The molecule has 1 aliphatic rings. The van der Waals surface area contributed by atoms with Crippen LogP contribution in [0.3, 0.4) is 0 Å². The van der Waals surface area contributed by atoms with E-state index >= 15 is 0 Å². The summed E-state index contributed by atoms with van der Waals surface area (Å²) < 4.78 is 1.34. The van der Waals surface area contributed by atoms with Crippen LogP contribution in [0.4, 0.5) is 0 Å². The molecule has 0 amide bonds. The Morgan fingerprint density at radius 1 is 1.30 bits per heavy atom.